The molecule has 0 amide bonds. The summed E-state index contributed by atoms with van der Waals surface area (Å²) >= 11 is 0. The van der Waals surface area contributed by atoms with Crippen LogP contribution in [0, 0.1) is 6.92 Å². The molecule has 2 rings (SSSR count). The SMILES string of the molecule is C.C.CC(=O)c1c(C)[nH]c(C=O)c1-c1ccncc1. The number of carbonyl (C=O) groups excluding carboxylic acids is 2. The average Bonchev–Trinajstić information content (AvgIpc) is 2.67. The molecule has 0 unspecified atom stereocenters. The van der Waals surface area contributed by atoms with E-state index in [1.165, 1.54) is 6.92 Å². The molecule has 19 heavy (non-hydrogen) atoms. The number of nitrogens with zero attached hydrogens (tertiary/aromatic N) is 1. The molecule has 2 heterocycles. The lowest BCUT2D eigenvalue weighted by molar-refractivity contribution is 0.101. The summed E-state index contributed by atoms with van der Waals surface area (Å²) in [5, 5.41) is 0. The maximum absolute atomic E-state index is 11.6. The Morgan fingerprint density at radius 1 is 1.26 bits per heavy atom. The largest absolute Gasteiger partial charge is 0.355 e. The van der Waals surface area contributed by atoms with E-state index >= 15 is 0 Å². The minimum absolute atomic E-state index is 0. The van der Waals surface area contributed by atoms with Crippen molar-refractivity contribution in [2.45, 2.75) is 28.7 Å². The van der Waals surface area contributed by atoms with Gasteiger partial charge in [-0.2, -0.15) is 0 Å². The molecule has 0 aliphatic carbocycles. The second-order valence-corrected chi connectivity index (χ2v) is 3.82. The highest BCUT2D eigenvalue weighted by atomic mass is 16.1. The Balaban J connectivity index is 0.00000162. The Morgan fingerprint density at radius 2 is 1.84 bits per heavy atom. The van der Waals surface area contributed by atoms with Gasteiger partial charge in [-0.3, -0.25) is 14.6 Å². The molecule has 0 aliphatic rings. The second-order valence-electron chi connectivity index (χ2n) is 3.82. The number of ketones is 1. The third-order valence-electron chi connectivity index (χ3n) is 2.66. The van der Waals surface area contributed by atoms with Gasteiger partial charge in [-0.05, 0) is 31.5 Å². The average molecular weight is 260 g/mol. The van der Waals surface area contributed by atoms with Crippen LogP contribution in [0.25, 0.3) is 11.1 Å². The van der Waals surface area contributed by atoms with Gasteiger partial charge in [-0.25, -0.2) is 0 Å². The molecule has 4 heteroatoms. The smallest absolute Gasteiger partial charge is 0.166 e. The lowest BCUT2D eigenvalue weighted by Gasteiger charge is -2.02. The van der Waals surface area contributed by atoms with Crippen LogP contribution >= 0.6 is 0 Å². The number of aromatic amines is 1. The topological polar surface area (TPSA) is 62.8 Å². The molecule has 0 fully saturated rings. The number of hydrogen-bond donors (Lipinski definition) is 1. The fraction of sp³-hybridized carbons (Fsp3) is 0.267. The number of Topliss-reactive ketones (excluding diaryl/α,β-unsaturated/α-hetero) is 1. The van der Waals surface area contributed by atoms with Crippen LogP contribution in [-0.4, -0.2) is 22.0 Å². The molecule has 0 aromatic carbocycles. The fourth-order valence-electron chi connectivity index (χ4n) is 2.00. The van der Waals surface area contributed by atoms with Gasteiger partial charge in [-0.15, -0.1) is 0 Å². The number of hydrogen-bond acceptors (Lipinski definition) is 3. The molecular formula is C15H20N2O2. The number of aldehydes is 1. The first-order valence-corrected chi connectivity index (χ1v) is 5.24. The first kappa shape index (κ1) is 16.8. The van der Waals surface area contributed by atoms with Gasteiger partial charge >= 0.3 is 0 Å². The van der Waals surface area contributed by atoms with E-state index in [0.717, 1.165) is 11.8 Å². The van der Waals surface area contributed by atoms with Crippen LogP contribution in [-0.2, 0) is 0 Å². The van der Waals surface area contributed by atoms with Crippen molar-refractivity contribution in [2.75, 3.05) is 0 Å². The Kier molecular flexibility index (Phi) is 5.86. The van der Waals surface area contributed by atoms with E-state index in [2.05, 4.69) is 9.97 Å². The third-order valence-corrected chi connectivity index (χ3v) is 2.66. The van der Waals surface area contributed by atoms with E-state index in [9.17, 15) is 9.59 Å². The lowest BCUT2D eigenvalue weighted by Crippen LogP contribution is -1.96. The highest BCUT2D eigenvalue weighted by Crippen LogP contribution is 2.29. The van der Waals surface area contributed by atoms with E-state index in [1.807, 2.05) is 0 Å². The number of aryl methyl sites for hydroxylation is 1. The zero-order valence-electron chi connectivity index (χ0n) is 9.65. The van der Waals surface area contributed by atoms with Crippen LogP contribution in [0.1, 0.15) is 48.3 Å². The molecule has 4 nitrogen and oxygen atoms in total. The standard InChI is InChI=1S/C13H12N2O2.2CH4/c1-8-12(9(2)17)13(11(7-16)15-8)10-3-5-14-6-4-10;;/h3-7,15H,1-2H3;2*1H4. The van der Waals surface area contributed by atoms with Crippen LogP contribution in [0.5, 0.6) is 0 Å². The van der Waals surface area contributed by atoms with Gasteiger partial charge < -0.3 is 4.98 Å². The predicted molar refractivity (Wildman–Crippen MR) is 77.6 cm³/mol. The normalized spacial score (nSPS) is 9.16. The summed E-state index contributed by atoms with van der Waals surface area (Å²) in [5.74, 6) is -0.0568. The zero-order valence-corrected chi connectivity index (χ0v) is 9.65. The van der Waals surface area contributed by atoms with Crippen molar-refractivity contribution in [1.82, 2.24) is 9.97 Å². The zero-order chi connectivity index (χ0) is 12.4. The van der Waals surface area contributed by atoms with Crippen LogP contribution in [0.4, 0.5) is 0 Å². The molecule has 0 aliphatic heterocycles. The lowest BCUT2D eigenvalue weighted by atomic mass is 9.99. The summed E-state index contributed by atoms with van der Waals surface area (Å²) in [6.45, 7) is 3.28. The Morgan fingerprint density at radius 3 is 2.32 bits per heavy atom. The van der Waals surface area contributed by atoms with Crippen molar-refractivity contribution in [3.05, 3.63) is 41.5 Å². The van der Waals surface area contributed by atoms with Crippen LogP contribution in [0.15, 0.2) is 24.5 Å². The van der Waals surface area contributed by atoms with Crippen molar-refractivity contribution < 1.29 is 9.59 Å². The van der Waals surface area contributed by atoms with Gasteiger partial charge in [0.2, 0.25) is 0 Å². The molecule has 0 atom stereocenters. The molecule has 102 valence electrons. The minimum atomic E-state index is -0.0568. The Labute approximate surface area is 113 Å². The summed E-state index contributed by atoms with van der Waals surface area (Å²) in [4.78, 5) is 29.5. The first-order valence-electron chi connectivity index (χ1n) is 5.24. The first-order chi connectivity index (χ1) is 8.15. The molecule has 0 spiro atoms. The monoisotopic (exact) mass is 260 g/mol. The van der Waals surface area contributed by atoms with Gasteiger partial charge in [0.05, 0.1) is 5.69 Å². The summed E-state index contributed by atoms with van der Waals surface area (Å²) in [6.07, 6.45) is 4.00. The molecule has 0 bridgehead atoms. The van der Waals surface area contributed by atoms with Gasteiger partial charge in [0.25, 0.3) is 0 Å². The van der Waals surface area contributed by atoms with Crippen molar-refractivity contribution in [1.29, 1.82) is 0 Å². The third kappa shape index (κ3) is 2.96. The quantitative estimate of drug-likeness (QED) is 0.676. The van der Waals surface area contributed by atoms with E-state index < -0.39 is 0 Å². The van der Waals surface area contributed by atoms with E-state index in [4.69, 9.17) is 0 Å². The van der Waals surface area contributed by atoms with Crippen molar-refractivity contribution in [3.8, 4) is 11.1 Å². The predicted octanol–water partition coefficient (Wildman–Crippen LogP) is 3.67. The van der Waals surface area contributed by atoms with E-state index in [0.29, 0.717) is 22.5 Å². The molecule has 2 aromatic rings. The van der Waals surface area contributed by atoms with Gasteiger partial charge in [0.15, 0.2) is 12.1 Å². The van der Waals surface area contributed by atoms with Gasteiger partial charge in [0, 0.05) is 29.2 Å². The summed E-state index contributed by atoms with van der Waals surface area (Å²) in [7, 11) is 0. The fourth-order valence-corrected chi connectivity index (χ4v) is 2.00. The number of H-pyrrole nitrogens is 1. The maximum Gasteiger partial charge on any atom is 0.166 e. The molecule has 1 N–H and O–H groups in total. The van der Waals surface area contributed by atoms with Gasteiger partial charge in [0.1, 0.15) is 0 Å². The number of rotatable bonds is 3. The number of aromatic nitrogens is 2. The second kappa shape index (κ2) is 6.64. The Hall–Kier alpha value is -2.23. The highest BCUT2D eigenvalue weighted by Gasteiger charge is 2.19. The Bertz CT molecular complexity index is 571. The molecule has 2 aromatic heterocycles. The van der Waals surface area contributed by atoms with Crippen molar-refractivity contribution in [3.63, 3.8) is 0 Å². The minimum Gasteiger partial charge on any atom is -0.355 e. The molecule has 0 radical (unpaired) electrons. The van der Waals surface area contributed by atoms with Crippen LogP contribution < -0.4 is 0 Å². The van der Waals surface area contributed by atoms with Crippen LogP contribution in [0.3, 0.4) is 0 Å². The summed E-state index contributed by atoms with van der Waals surface area (Å²) in [6, 6.07) is 3.56. The number of nitrogens with one attached hydrogen (secondary N) is 1. The van der Waals surface area contributed by atoms with E-state index in [-0.39, 0.29) is 20.6 Å². The number of pyridine rings is 1. The molecule has 0 saturated carbocycles. The number of carbonyl (C=O) groups is 2. The van der Waals surface area contributed by atoms with Gasteiger partial charge in [-0.1, -0.05) is 14.9 Å². The molecular weight excluding hydrogens is 240 g/mol. The van der Waals surface area contributed by atoms with E-state index in [1.54, 1.807) is 31.5 Å². The summed E-state index contributed by atoms with van der Waals surface area (Å²) in [5.41, 5.74) is 3.19. The summed E-state index contributed by atoms with van der Waals surface area (Å²) < 4.78 is 0. The van der Waals surface area contributed by atoms with Crippen molar-refractivity contribution >= 4 is 12.1 Å². The molecule has 0 saturated heterocycles. The highest BCUT2D eigenvalue weighted by molar-refractivity contribution is 6.05. The maximum atomic E-state index is 11.6. The van der Waals surface area contributed by atoms with Crippen molar-refractivity contribution in [2.24, 2.45) is 0 Å². The van der Waals surface area contributed by atoms with Crippen LogP contribution in [0.2, 0.25) is 0 Å².